The fourth-order valence-electron chi connectivity index (χ4n) is 3.64. The van der Waals surface area contributed by atoms with Gasteiger partial charge in [0.2, 0.25) is 10.0 Å². The first-order valence-corrected chi connectivity index (χ1v) is 10.4. The second-order valence-electron chi connectivity index (χ2n) is 8.39. The van der Waals surface area contributed by atoms with Gasteiger partial charge < -0.3 is 0 Å². The van der Waals surface area contributed by atoms with Gasteiger partial charge >= 0.3 is 0 Å². The van der Waals surface area contributed by atoms with E-state index < -0.39 is 10.0 Å². The highest BCUT2D eigenvalue weighted by molar-refractivity contribution is 7.89. The Morgan fingerprint density at radius 2 is 1.44 bits per heavy atom. The first-order chi connectivity index (χ1) is 11.7. The van der Waals surface area contributed by atoms with Crippen LogP contribution in [0.1, 0.15) is 31.9 Å². The molecule has 2 aromatic rings. The summed E-state index contributed by atoms with van der Waals surface area (Å²) in [5.74, 6) is 0.191. The minimum Gasteiger partial charge on any atom is -0.212 e. The summed E-state index contributed by atoms with van der Waals surface area (Å²) in [7, 11) is -3.22. The molecule has 1 saturated heterocycles. The Morgan fingerprint density at radius 3 is 1.96 bits per heavy atom. The molecule has 0 aliphatic carbocycles. The van der Waals surface area contributed by atoms with Gasteiger partial charge in [-0.1, -0.05) is 81.4 Å². The van der Waals surface area contributed by atoms with Crippen LogP contribution in [0.5, 0.6) is 0 Å². The predicted octanol–water partition coefficient (Wildman–Crippen LogP) is 3.86. The van der Waals surface area contributed by atoms with Crippen molar-refractivity contribution in [1.82, 2.24) is 4.31 Å². The van der Waals surface area contributed by atoms with Crippen LogP contribution in [0.2, 0.25) is 0 Å². The Balaban J connectivity index is 1.85. The number of sulfonamides is 1. The van der Waals surface area contributed by atoms with Crippen molar-refractivity contribution >= 4 is 10.0 Å². The van der Waals surface area contributed by atoms with E-state index in [0.29, 0.717) is 13.1 Å². The zero-order chi connectivity index (χ0) is 18.1. The summed E-state index contributed by atoms with van der Waals surface area (Å²) in [6.45, 7) is 7.03. The maximum atomic E-state index is 12.7. The Morgan fingerprint density at radius 1 is 0.920 bits per heavy atom. The zero-order valence-electron chi connectivity index (χ0n) is 15.3. The Labute approximate surface area is 151 Å². The third kappa shape index (κ3) is 4.13. The Kier molecular flexibility index (Phi) is 4.78. The minimum atomic E-state index is -3.22. The van der Waals surface area contributed by atoms with E-state index in [2.05, 4.69) is 24.3 Å². The van der Waals surface area contributed by atoms with Crippen LogP contribution in [0.3, 0.4) is 0 Å². The van der Waals surface area contributed by atoms with Crippen molar-refractivity contribution in [2.75, 3.05) is 18.8 Å². The van der Waals surface area contributed by atoms with Crippen LogP contribution < -0.4 is 0 Å². The molecule has 0 saturated carbocycles. The molecular formula is C21H27NO2S. The van der Waals surface area contributed by atoms with Crippen molar-refractivity contribution in [3.63, 3.8) is 0 Å². The van der Waals surface area contributed by atoms with Crippen LogP contribution in [0.15, 0.2) is 60.7 Å². The molecule has 0 radical (unpaired) electrons. The van der Waals surface area contributed by atoms with Crippen molar-refractivity contribution < 1.29 is 8.42 Å². The fraction of sp³-hybridized carbons (Fsp3) is 0.429. The summed E-state index contributed by atoms with van der Waals surface area (Å²) in [4.78, 5) is 0. The molecule has 4 heteroatoms. The molecule has 25 heavy (non-hydrogen) atoms. The predicted molar refractivity (Wildman–Crippen MR) is 103 cm³/mol. The lowest BCUT2D eigenvalue weighted by Crippen LogP contribution is -2.63. The summed E-state index contributed by atoms with van der Waals surface area (Å²) >= 11 is 0. The molecule has 0 atom stereocenters. The van der Waals surface area contributed by atoms with Crippen molar-refractivity contribution in [3.05, 3.63) is 71.8 Å². The molecular weight excluding hydrogens is 330 g/mol. The molecule has 2 aromatic carbocycles. The summed E-state index contributed by atoms with van der Waals surface area (Å²) < 4.78 is 27.1. The summed E-state index contributed by atoms with van der Waals surface area (Å²) in [5.41, 5.74) is 2.11. The second kappa shape index (κ2) is 6.58. The van der Waals surface area contributed by atoms with E-state index in [4.69, 9.17) is 0 Å². The van der Waals surface area contributed by atoms with E-state index in [-0.39, 0.29) is 16.6 Å². The molecule has 0 bridgehead atoms. The normalized spacial score (nSPS) is 17.9. The Hall–Kier alpha value is -1.65. The molecule has 0 spiro atoms. The lowest BCUT2D eigenvalue weighted by atomic mass is 9.71. The average molecular weight is 358 g/mol. The van der Waals surface area contributed by atoms with Gasteiger partial charge in [-0.2, -0.15) is 4.31 Å². The van der Waals surface area contributed by atoms with E-state index >= 15 is 0 Å². The van der Waals surface area contributed by atoms with Gasteiger partial charge in [-0.15, -0.1) is 0 Å². The number of benzene rings is 2. The molecule has 1 aliphatic heterocycles. The first kappa shape index (κ1) is 18.2. The molecule has 3 nitrogen and oxygen atoms in total. The highest BCUT2D eigenvalue weighted by Gasteiger charge is 2.49. The third-order valence-electron chi connectivity index (χ3n) is 4.74. The molecule has 0 N–H and O–H groups in total. The number of hydrogen-bond donors (Lipinski definition) is 0. The SMILES string of the molecule is CC(C)(C)CS(=O)(=O)N1CC(Cc2ccccc2)(c2ccccc2)C1. The lowest BCUT2D eigenvalue weighted by molar-refractivity contribution is 0.150. The first-order valence-electron chi connectivity index (χ1n) is 8.78. The molecule has 0 amide bonds. The lowest BCUT2D eigenvalue weighted by Gasteiger charge is -2.50. The highest BCUT2D eigenvalue weighted by atomic mass is 32.2. The van der Waals surface area contributed by atoms with Gasteiger partial charge in [0, 0.05) is 18.5 Å². The van der Waals surface area contributed by atoms with Crippen molar-refractivity contribution in [1.29, 1.82) is 0 Å². The monoisotopic (exact) mass is 357 g/mol. The summed E-state index contributed by atoms with van der Waals surface area (Å²) in [5, 5.41) is 0. The fourth-order valence-corrected chi connectivity index (χ4v) is 5.80. The quantitative estimate of drug-likeness (QED) is 0.815. The van der Waals surface area contributed by atoms with Gasteiger partial charge in [0.25, 0.3) is 0 Å². The van der Waals surface area contributed by atoms with Crippen LogP contribution in [-0.2, 0) is 21.9 Å². The van der Waals surface area contributed by atoms with E-state index in [1.807, 2.05) is 57.2 Å². The van der Waals surface area contributed by atoms with Crippen molar-refractivity contribution in [3.8, 4) is 0 Å². The topological polar surface area (TPSA) is 37.4 Å². The maximum absolute atomic E-state index is 12.7. The van der Waals surface area contributed by atoms with Gasteiger partial charge in [-0.3, -0.25) is 0 Å². The van der Waals surface area contributed by atoms with Gasteiger partial charge in [-0.05, 0) is 23.0 Å². The molecule has 1 aliphatic rings. The van der Waals surface area contributed by atoms with Gasteiger partial charge in [0.05, 0.1) is 5.75 Å². The molecule has 0 unspecified atom stereocenters. The smallest absolute Gasteiger partial charge is 0.212 e. The van der Waals surface area contributed by atoms with Gasteiger partial charge in [0.15, 0.2) is 0 Å². The van der Waals surface area contributed by atoms with Crippen molar-refractivity contribution in [2.24, 2.45) is 5.41 Å². The molecule has 0 aromatic heterocycles. The largest absolute Gasteiger partial charge is 0.214 e. The van der Waals surface area contributed by atoms with Crippen LogP contribution in [0, 0.1) is 5.41 Å². The second-order valence-corrected chi connectivity index (χ2v) is 10.4. The van der Waals surface area contributed by atoms with Crippen molar-refractivity contribution in [2.45, 2.75) is 32.6 Å². The summed E-state index contributed by atoms with van der Waals surface area (Å²) in [6.07, 6.45) is 0.861. The molecule has 1 fully saturated rings. The number of nitrogens with zero attached hydrogens (tertiary/aromatic N) is 1. The van der Waals surface area contributed by atoms with Crippen LogP contribution >= 0.6 is 0 Å². The van der Waals surface area contributed by atoms with Crippen LogP contribution in [-0.4, -0.2) is 31.6 Å². The minimum absolute atomic E-state index is 0.131. The number of hydrogen-bond acceptors (Lipinski definition) is 2. The van der Waals surface area contributed by atoms with Crippen LogP contribution in [0.25, 0.3) is 0 Å². The molecule has 3 rings (SSSR count). The maximum Gasteiger partial charge on any atom is 0.214 e. The van der Waals surface area contributed by atoms with Gasteiger partial charge in [0.1, 0.15) is 0 Å². The van der Waals surface area contributed by atoms with E-state index in [1.54, 1.807) is 4.31 Å². The standard InChI is InChI=1S/C21H27NO2S/c1-20(2,3)17-25(23,24)22-15-21(16-22,19-12-8-5-9-13-19)14-18-10-6-4-7-11-18/h4-13H,14-17H2,1-3H3. The third-order valence-corrected chi connectivity index (χ3v) is 7.01. The van der Waals surface area contributed by atoms with E-state index in [1.165, 1.54) is 11.1 Å². The zero-order valence-corrected chi connectivity index (χ0v) is 16.1. The molecule has 134 valence electrons. The summed E-state index contributed by atoms with van der Waals surface area (Å²) in [6, 6.07) is 20.7. The number of rotatable bonds is 5. The van der Waals surface area contributed by atoms with E-state index in [9.17, 15) is 8.42 Å². The highest BCUT2D eigenvalue weighted by Crippen LogP contribution is 2.40. The van der Waals surface area contributed by atoms with Gasteiger partial charge in [-0.25, -0.2) is 8.42 Å². The average Bonchev–Trinajstić information content (AvgIpc) is 2.50. The molecule has 1 heterocycles. The Bertz CT molecular complexity index is 802. The van der Waals surface area contributed by atoms with E-state index in [0.717, 1.165) is 6.42 Å². The van der Waals surface area contributed by atoms with Crippen LogP contribution in [0.4, 0.5) is 0 Å².